The standard InChI is InChI=1S/C13H21NS/c1-7-11(13(4,5)6)9(2)10(3)12(15)8-14/h7-8,15H,1,3,14H2,2,4-6H3/b11-9-,12-8+. The van der Waals surface area contributed by atoms with E-state index in [0.717, 1.165) is 11.1 Å². The van der Waals surface area contributed by atoms with E-state index in [1.54, 1.807) is 0 Å². The van der Waals surface area contributed by atoms with Gasteiger partial charge in [-0.3, -0.25) is 0 Å². The first kappa shape index (κ1) is 14.1. The van der Waals surface area contributed by atoms with Crippen LogP contribution in [0.4, 0.5) is 0 Å². The fourth-order valence-electron chi connectivity index (χ4n) is 1.48. The maximum absolute atomic E-state index is 5.41. The third-order valence-corrected chi connectivity index (χ3v) is 2.75. The SMILES string of the molecule is C=C/C(=C(\C)C(=C)/C(S)=C\N)C(C)(C)C. The molecule has 0 saturated carbocycles. The summed E-state index contributed by atoms with van der Waals surface area (Å²) in [6, 6.07) is 0. The second kappa shape index (κ2) is 5.26. The fraction of sp³-hybridized carbons (Fsp3) is 0.385. The minimum atomic E-state index is 0.0530. The van der Waals surface area contributed by atoms with Crippen molar-refractivity contribution in [2.75, 3.05) is 0 Å². The summed E-state index contributed by atoms with van der Waals surface area (Å²) in [5.74, 6) is 0. The van der Waals surface area contributed by atoms with Crippen LogP contribution in [0.25, 0.3) is 0 Å². The van der Waals surface area contributed by atoms with Crippen LogP contribution in [0.15, 0.2) is 47.1 Å². The van der Waals surface area contributed by atoms with Crippen LogP contribution in [0, 0.1) is 5.41 Å². The quantitative estimate of drug-likeness (QED) is 0.552. The van der Waals surface area contributed by atoms with Crippen molar-refractivity contribution < 1.29 is 0 Å². The van der Waals surface area contributed by atoms with Crippen LogP contribution < -0.4 is 5.73 Å². The Morgan fingerprint density at radius 3 is 2.07 bits per heavy atom. The van der Waals surface area contributed by atoms with Crippen molar-refractivity contribution >= 4 is 12.6 Å². The second-order valence-corrected chi connectivity index (χ2v) is 5.01. The van der Waals surface area contributed by atoms with Gasteiger partial charge in [-0.15, -0.1) is 12.6 Å². The third-order valence-electron chi connectivity index (χ3n) is 2.34. The van der Waals surface area contributed by atoms with Crippen LogP contribution >= 0.6 is 12.6 Å². The Kier molecular flexibility index (Phi) is 4.95. The highest BCUT2D eigenvalue weighted by molar-refractivity contribution is 7.84. The summed E-state index contributed by atoms with van der Waals surface area (Å²) < 4.78 is 0. The molecule has 0 amide bonds. The first-order valence-corrected chi connectivity index (χ1v) is 5.34. The lowest BCUT2D eigenvalue weighted by Gasteiger charge is -2.24. The largest absolute Gasteiger partial charge is 0.404 e. The monoisotopic (exact) mass is 223 g/mol. The van der Waals surface area contributed by atoms with E-state index in [1.807, 2.05) is 13.0 Å². The Morgan fingerprint density at radius 2 is 1.80 bits per heavy atom. The molecule has 15 heavy (non-hydrogen) atoms. The van der Waals surface area contributed by atoms with Crippen molar-refractivity contribution in [3.8, 4) is 0 Å². The number of hydrogen-bond donors (Lipinski definition) is 2. The van der Waals surface area contributed by atoms with Crippen molar-refractivity contribution in [1.29, 1.82) is 0 Å². The van der Waals surface area contributed by atoms with Gasteiger partial charge in [-0.2, -0.15) is 0 Å². The highest BCUT2D eigenvalue weighted by atomic mass is 32.1. The summed E-state index contributed by atoms with van der Waals surface area (Å²) in [6.45, 7) is 16.3. The Morgan fingerprint density at radius 1 is 1.33 bits per heavy atom. The molecule has 0 atom stereocenters. The summed E-state index contributed by atoms with van der Waals surface area (Å²) in [4.78, 5) is 0.705. The highest BCUT2D eigenvalue weighted by Crippen LogP contribution is 2.33. The molecule has 0 aliphatic rings. The average Bonchev–Trinajstić information content (AvgIpc) is 2.14. The first-order valence-electron chi connectivity index (χ1n) is 4.90. The summed E-state index contributed by atoms with van der Waals surface area (Å²) in [7, 11) is 0. The topological polar surface area (TPSA) is 26.0 Å². The lowest BCUT2D eigenvalue weighted by molar-refractivity contribution is 0.513. The van der Waals surface area contributed by atoms with Gasteiger partial charge in [0.15, 0.2) is 0 Å². The van der Waals surface area contributed by atoms with Gasteiger partial charge in [0.05, 0.1) is 0 Å². The second-order valence-electron chi connectivity index (χ2n) is 4.52. The first-order chi connectivity index (χ1) is 6.75. The van der Waals surface area contributed by atoms with E-state index < -0.39 is 0 Å². The number of allylic oxidation sites excluding steroid dienone is 4. The summed E-state index contributed by atoms with van der Waals surface area (Å²) >= 11 is 4.26. The van der Waals surface area contributed by atoms with Crippen LogP contribution in [0.2, 0.25) is 0 Å². The predicted molar refractivity (Wildman–Crippen MR) is 72.7 cm³/mol. The minimum absolute atomic E-state index is 0.0530. The molecule has 0 heterocycles. The molecular formula is C13H21NS. The molecule has 0 spiro atoms. The summed E-state index contributed by atoms with van der Waals surface area (Å²) in [6.07, 6.45) is 3.33. The van der Waals surface area contributed by atoms with E-state index in [2.05, 4.69) is 46.6 Å². The van der Waals surface area contributed by atoms with E-state index in [-0.39, 0.29) is 5.41 Å². The van der Waals surface area contributed by atoms with Crippen LogP contribution in [0.1, 0.15) is 27.7 Å². The molecule has 0 aliphatic carbocycles. The number of hydrogen-bond acceptors (Lipinski definition) is 2. The molecule has 0 radical (unpaired) electrons. The molecule has 0 saturated heterocycles. The Bertz CT molecular complexity index is 327. The third kappa shape index (κ3) is 3.63. The van der Waals surface area contributed by atoms with Crippen LogP contribution in [0.3, 0.4) is 0 Å². The molecule has 2 heteroatoms. The van der Waals surface area contributed by atoms with E-state index in [4.69, 9.17) is 5.73 Å². The Balaban J connectivity index is 5.42. The normalized spacial score (nSPS) is 14.6. The van der Waals surface area contributed by atoms with Gasteiger partial charge < -0.3 is 5.73 Å². The Hall–Kier alpha value is -0.890. The Labute approximate surface area is 98.9 Å². The highest BCUT2D eigenvalue weighted by Gasteiger charge is 2.18. The van der Waals surface area contributed by atoms with Crippen LogP contribution in [-0.2, 0) is 0 Å². The van der Waals surface area contributed by atoms with Crippen molar-refractivity contribution in [3.63, 3.8) is 0 Å². The average molecular weight is 223 g/mol. The van der Waals surface area contributed by atoms with Crippen molar-refractivity contribution in [1.82, 2.24) is 0 Å². The molecule has 0 bridgehead atoms. The fourth-order valence-corrected chi connectivity index (χ4v) is 1.64. The molecule has 0 aliphatic heterocycles. The molecule has 0 rings (SSSR count). The molecule has 1 nitrogen and oxygen atoms in total. The van der Waals surface area contributed by atoms with E-state index >= 15 is 0 Å². The maximum atomic E-state index is 5.41. The predicted octanol–water partition coefficient (Wildman–Crippen LogP) is 3.82. The lowest BCUT2D eigenvalue weighted by Crippen LogP contribution is -2.10. The van der Waals surface area contributed by atoms with E-state index in [0.29, 0.717) is 4.91 Å². The van der Waals surface area contributed by atoms with E-state index in [1.165, 1.54) is 11.8 Å². The molecule has 0 aromatic heterocycles. The van der Waals surface area contributed by atoms with Crippen molar-refractivity contribution in [2.24, 2.45) is 11.1 Å². The molecule has 2 N–H and O–H groups in total. The van der Waals surface area contributed by atoms with Gasteiger partial charge in [0.25, 0.3) is 0 Å². The van der Waals surface area contributed by atoms with Gasteiger partial charge in [-0.05, 0) is 29.1 Å². The zero-order valence-electron chi connectivity index (χ0n) is 10.1. The van der Waals surface area contributed by atoms with Crippen LogP contribution in [0.5, 0.6) is 0 Å². The molecule has 0 aromatic rings. The zero-order valence-corrected chi connectivity index (χ0v) is 11.0. The van der Waals surface area contributed by atoms with Gasteiger partial charge in [0.1, 0.15) is 0 Å². The van der Waals surface area contributed by atoms with Crippen molar-refractivity contribution in [2.45, 2.75) is 27.7 Å². The smallest absolute Gasteiger partial charge is 0.0265 e. The zero-order chi connectivity index (χ0) is 12.2. The molecule has 0 fully saturated rings. The molecule has 0 unspecified atom stereocenters. The number of rotatable bonds is 3. The maximum Gasteiger partial charge on any atom is 0.0265 e. The number of thiol groups is 1. The lowest BCUT2D eigenvalue weighted by atomic mass is 9.82. The summed E-state index contributed by atoms with van der Waals surface area (Å²) in [5.41, 5.74) is 8.57. The van der Waals surface area contributed by atoms with Crippen molar-refractivity contribution in [3.05, 3.63) is 47.1 Å². The van der Waals surface area contributed by atoms with Gasteiger partial charge in [-0.25, -0.2) is 0 Å². The molecule has 0 aromatic carbocycles. The van der Waals surface area contributed by atoms with Crippen LogP contribution in [-0.4, -0.2) is 0 Å². The molecule has 84 valence electrons. The van der Waals surface area contributed by atoms with Gasteiger partial charge in [0, 0.05) is 11.1 Å². The summed E-state index contributed by atoms with van der Waals surface area (Å²) in [5, 5.41) is 0. The van der Waals surface area contributed by atoms with Gasteiger partial charge >= 0.3 is 0 Å². The molecular weight excluding hydrogens is 202 g/mol. The van der Waals surface area contributed by atoms with E-state index in [9.17, 15) is 0 Å². The number of nitrogens with two attached hydrogens (primary N) is 1. The minimum Gasteiger partial charge on any atom is -0.404 e. The van der Waals surface area contributed by atoms with Gasteiger partial charge in [0.2, 0.25) is 0 Å². The van der Waals surface area contributed by atoms with Gasteiger partial charge in [-0.1, -0.05) is 40.0 Å².